The molecule has 0 aliphatic heterocycles. The largest absolute Gasteiger partial charge is 0.352 e. The lowest BCUT2D eigenvalue weighted by atomic mass is 10.1. The summed E-state index contributed by atoms with van der Waals surface area (Å²) in [6.07, 6.45) is 0.874. The third-order valence-corrected chi connectivity index (χ3v) is 4.50. The molecule has 1 aliphatic carbocycles. The van der Waals surface area contributed by atoms with Crippen molar-refractivity contribution in [3.05, 3.63) is 51.8 Å². The van der Waals surface area contributed by atoms with E-state index in [4.69, 9.17) is 11.6 Å². The van der Waals surface area contributed by atoms with Gasteiger partial charge in [0.15, 0.2) is 0 Å². The van der Waals surface area contributed by atoms with E-state index in [1.54, 1.807) is 0 Å². The van der Waals surface area contributed by atoms with Crippen molar-refractivity contribution in [3.63, 3.8) is 0 Å². The Morgan fingerprint density at radius 2 is 2.19 bits per heavy atom. The number of hydrogen-bond acceptors (Lipinski definition) is 2. The van der Waals surface area contributed by atoms with E-state index in [9.17, 15) is 4.79 Å². The van der Waals surface area contributed by atoms with Crippen molar-refractivity contribution in [1.29, 1.82) is 0 Å². The molecule has 2 aromatic rings. The predicted octanol–water partition coefficient (Wildman–Crippen LogP) is 3.10. The van der Waals surface area contributed by atoms with E-state index in [1.807, 2.05) is 38.1 Å². The van der Waals surface area contributed by atoms with Gasteiger partial charge in [0.1, 0.15) is 0 Å². The highest BCUT2D eigenvalue weighted by atomic mass is 35.5. The minimum atomic E-state index is 0.0393. The minimum absolute atomic E-state index is 0.0393. The molecule has 1 aromatic carbocycles. The molecule has 1 heterocycles. The van der Waals surface area contributed by atoms with Crippen LogP contribution in [0, 0.1) is 19.8 Å². The van der Waals surface area contributed by atoms with Crippen LogP contribution in [0.3, 0.4) is 0 Å². The van der Waals surface area contributed by atoms with Gasteiger partial charge in [-0.15, -0.1) is 0 Å². The number of nitrogens with zero attached hydrogens (tertiary/aromatic N) is 1. The quantitative estimate of drug-likeness (QED) is 0.912. The molecule has 110 valence electrons. The van der Waals surface area contributed by atoms with Crippen LogP contribution in [0.25, 0.3) is 0 Å². The lowest BCUT2D eigenvalue weighted by molar-refractivity contribution is -0.122. The van der Waals surface area contributed by atoms with Gasteiger partial charge in [0.2, 0.25) is 5.91 Å². The van der Waals surface area contributed by atoms with E-state index in [2.05, 4.69) is 15.5 Å². The van der Waals surface area contributed by atoms with Crippen LogP contribution in [0.2, 0.25) is 5.02 Å². The maximum atomic E-state index is 12.2. The van der Waals surface area contributed by atoms with Crippen LogP contribution in [0.5, 0.6) is 0 Å². The molecule has 3 rings (SSSR count). The van der Waals surface area contributed by atoms with Crippen molar-refractivity contribution in [3.8, 4) is 0 Å². The number of amides is 1. The molecule has 2 N–H and O–H groups in total. The molecule has 0 saturated heterocycles. The first kappa shape index (κ1) is 14.1. The van der Waals surface area contributed by atoms with Gasteiger partial charge in [0.05, 0.1) is 5.69 Å². The van der Waals surface area contributed by atoms with E-state index in [-0.39, 0.29) is 17.7 Å². The van der Waals surface area contributed by atoms with Crippen molar-refractivity contribution in [2.45, 2.75) is 32.7 Å². The Hall–Kier alpha value is -1.81. The molecule has 0 spiro atoms. The highest BCUT2D eigenvalue weighted by Crippen LogP contribution is 2.49. The summed E-state index contributed by atoms with van der Waals surface area (Å²) in [4.78, 5) is 12.2. The average Bonchev–Trinajstić information content (AvgIpc) is 3.19. The summed E-state index contributed by atoms with van der Waals surface area (Å²) in [5.41, 5.74) is 4.09. The number of aryl methyl sites for hydroxylation is 2. The highest BCUT2D eigenvalue weighted by Gasteiger charge is 2.44. The van der Waals surface area contributed by atoms with Crippen molar-refractivity contribution >= 4 is 17.5 Å². The van der Waals surface area contributed by atoms with Crippen LogP contribution in [0.4, 0.5) is 0 Å². The van der Waals surface area contributed by atoms with Gasteiger partial charge in [-0.3, -0.25) is 9.89 Å². The van der Waals surface area contributed by atoms with Gasteiger partial charge in [-0.1, -0.05) is 29.8 Å². The summed E-state index contributed by atoms with van der Waals surface area (Å²) in [6.45, 7) is 4.43. The summed E-state index contributed by atoms with van der Waals surface area (Å²) in [7, 11) is 0. The fourth-order valence-corrected chi connectivity index (χ4v) is 3.02. The molecule has 1 fully saturated rings. The molecule has 1 saturated carbocycles. The van der Waals surface area contributed by atoms with Crippen LogP contribution in [0.15, 0.2) is 24.3 Å². The van der Waals surface area contributed by atoms with Crippen LogP contribution < -0.4 is 5.32 Å². The first-order chi connectivity index (χ1) is 10.1. The van der Waals surface area contributed by atoms with Gasteiger partial charge < -0.3 is 5.32 Å². The van der Waals surface area contributed by atoms with E-state index in [1.165, 1.54) is 0 Å². The number of hydrogen-bond donors (Lipinski definition) is 2. The van der Waals surface area contributed by atoms with Crippen molar-refractivity contribution in [2.75, 3.05) is 0 Å². The number of carbonyl (C=O) groups excluding carboxylic acids is 1. The summed E-state index contributed by atoms with van der Waals surface area (Å²) < 4.78 is 0. The number of nitrogens with one attached hydrogen (secondary N) is 2. The highest BCUT2D eigenvalue weighted by molar-refractivity contribution is 6.31. The second-order valence-corrected chi connectivity index (χ2v) is 6.01. The summed E-state index contributed by atoms with van der Waals surface area (Å²) in [5.74, 6) is 0.391. The number of aromatic amines is 1. The Morgan fingerprint density at radius 3 is 2.86 bits per heavy atom. The zero-order chi connectivity index (χ0) is 15.0. The Morgan fingerprint density at radius 1 is 1.43 bits per heavy atom. The first-order valence-electron chi connectivity index (χ1n) is 7.10. The number of H-pyrrole nitrogens is 1. The van der Waals surface area contributed by atoms with Crippen LogP contribution in [-0.4, -0.2) is 16.1 Å². The normalized spacial score (nSPS) is 20.3. The summed E-state index contributed by atoms with van der Waals surface area (Å²) in [5, 5.41) is 10.8. The molecule has 4 nitrogen and oxygen atoms in total. The lowest BCUT2D eigenvalue weighted by Gasteiger charge is -2.06. The smallest absolute Gasteiger partial charge is 0.224 e. The first-order valence-corrected chi connectivity index (χ1v) is 7.48. The third kappa shape index (κ3) is 2.81. The fraction of sp³-hybridized carbons (Fsp3) is 0.375. The molecule has 21 heavy (non-hydrogen) atoms. The summed E-state index contributed by atoms with van der Waals surface area (Å²) >= 11 is 6.18. The Labute approximate surface area is 128 Å². The maximum Gasteiger partial charge on any atom is 0.224 e. The van der Waals surface area contributed by atoms with Gasteiger partial charge in [-0.25, -0.2) is 0 Å². The van der Waals surface area contributed by atoms with Crippen LogP contribution in [-0.2, 0) is 11.3 Å². The van der Waals surface area contributed by atoms with Crippen LogP contribution >= 0.6 is 11.6 Å². The molecular weight excluding hydrogens is 286 g/mol. The van der Waals surface area contributed by atoms with E-state index in [0.29, 0.717) is 6.54 Å². The van der Waals surface area contributed by atoms with Gasteiger partial charge in [-0.05, 0) is 37.8 Å². The zero-order valence-electron chi connectivity index (χ0n) is 12.1. The predicted molar refractivity (Wildman–Crippen MR) is 82.2 cm³/mol. The average molecular weight is 304 g/mol. The molecule has 1 aliphatic rings. The number of halogens is 1. The number of benzene rings is 1. The van der Waals surface area contributed by atoms with Crippen LogP contribution in [0.1, 0.15) is 34.9 Å². The monoisotopic (exact) mass is 303 g/mol. The standard InChI is InChI=1S/C16H18ClN3O/c1-9-14(10(2)20-19-9)8-18-16(21)13-7-12(13)11-5-3-4-6-15(11)17/h3-6,12-13H,7-8H2,1-2H3,(H,18,21)(H,19,20)/t12-,13+/m1/s1. The fourth-order valence-electron chi connectivity index (χ4n) is 2.75. The number of carbonyl (C=O) groups is 1. The van der Waals surface area contributed by atoms with Gasteiger partial charge in [-0.2, -0.15) is 5.10 Å². The van der Waals surface area contributed by atoms with E-state index < -0.39 is 0 Å². The molecule has 0 unspecified atom stereocenters. The van der Waals surface area contributed by atoms with Crippen molar-refractivity contribution in [2.24, 2.45) is 5.92 Å². The maximum absolute atomic E-state index is 12.2. The lowest BCUT2D eigenvalue weighted by Crippen LogP contribution is -2.25. The second kappa shape index (κ2) is 5.53. The topological polar surface area (TPSA) is 57.8 Å². The Balaban J connectivity index is 1.60. The van der Waals surface area contributed by atoms with Gasteiger partial charge in [0, 0.05) is 28.7 Å². The Bertz CT molecular complexity index is 660. The number of rotatable bonds is 4. The zero-order valence-corrected chi connectivity index (χ0v) is 12.9. The van der Waals surface area contributed by atoms with Crippen molar-refractivity contribution < 1.29 is 4.79 Å². The number of aromatic nitrogens is 2. The SMILES string of the molecule is Cc1n[nH]c(C)c1CNC(=O)[C@H]1C[C@@H]1c1ccccc1Cl. The van der Waals surface area contributed by atoms with E-state index in [0.717, 1.165) is 34.0 Å². The van der Waals surface area contributed by atoms with Gasteiger partial charge in [0.25, 0.3) is 0 Å². The second-order valence-electron chi connectivity index (χ2n) is 5.60. The van der Waals surface area contributed by atoms with Crippen molar-refractivity contribution in [1.82, 2.24) is 15.5 Å². The molecular formula is C16H18ClN3O. The third-order valence-electron chi connectivity index (χ3n) is 4.15. The molecule has 1 aromatic heterocycles. The summed E-state index contributed by atoms with van der Waals surface area (Å²) in [6, 6.07) is 7.76. The molecule has 2 atom stereocenters. The molecule has 5 heteroatoms. The van der Waals surface area contributed by atoms with E-state index >= 15 is 0 Å². The molecule has 1 amide bonds. The molecule has 0 bridgehead atoms. The minimum Gasteiger partial charge on any atom is -0.352 e. The van der Waals surface area contributed by atoms with Gasteiger partial charge >= 0.3 is 0 Å². The Kier molecular flexibility index (Phi) is 3.72. The molecule has 0 radical (unpaired) electrons.